The topological polar surface area (TPSA) is 55.8 Å². The average molecular weight is 277 g/mol. The summed E-state index contributed by atoms with van der Waals surface area (Å²) in [6.07, 6.45) is 0.165. The van der Waals surface area contributed by atoms with Gasteiger partial charge in [0.2, 0.25) is 0 Å². The van der Waals surface area contributed by atoms with Gasteiger partial charge in [0.25, 0.3) is 0 Å². The Balaban J connectivity index is 2.28. The number of hydrogen-bond acceptors (Lipinski definition) is 4. The Morgan fingerprint density at radius 2 is 2.00 bits per heavy atom. The Morgan fingerprint density at radius 1 is 1.30 bits per heavy atom. The first kappa shape index (κ1) is 14.4. The van der Waals surface area contributed by atoms with Crippen LogP contribution >= 0.6 is 0 Å². The van der Waals surface area contributed by atoms with Crippen LogP contribution < -0.4 is 0 Å². The van der Waals surface area contributed by atoms with Crippen LogP contribution in [0.15, 0.2) is 24.3 Å². The lowest BCUT2D eigenvalue weighted by Crippen LogP contribution is -2.36. The molecule has 1 atom stereocenters. The second-order valence-corrected chi connectivity index (χ2v) is 4.77. The van der Waals surface area contributed by atoms with Crippen LogP contribution in [-0.2, 0) is 27.2 Å². The first-order valence-electron chi connectivity index (χ1n) is 6.72. The smallest absolute Gasteiger partial charge is 0.409 e. The van der Waals surface area contributed by atoms with Crippen LogP contribution in [0.25, 0.3) is 0 Å². The van der Waals surface area contributed by atoms with Gasteiger partial charge < -0.3 is 14.4 Å². The van der Waals surface area contributed by atoms with Crippen LogP contribution in [0.1, 0.15) is 18.1 Å². The molecule has 0 N–H and O–H groups in total. The summed E-state index contributed by atoms with van der Waals surface area (Å²) in [4.78, 5) is 25.4. The molecule has 1 heterocycles. The van der Waals surface area contributed by atoms with Crippen molar-refractivity contribution in [2.24, 2.45) is 5.92 Å². The summed E-state index contributed by atoms with van der Waals surface area (Å²) in [5.41, 5.74) is 2.13. The maximum atomic E-state index is 12.0. The lowest BCUT2D eigenvalue weighted by molar-refractivity contribution is -0.148. The van der Waals surface area contributed by atoms with Crippen molar-refractivity contribution in [2.75, 3.05) is 20.3 Å². The van der Waals surface area contributed by atoms with Gasteiger partial charge >= 0.3 is 12.1 Å². The molecule has 0 aromatic heterocycles. The molecular formula is C15H19NO4. The van der Waals surface area contributed by atoms with E-state index >= 15 is 0 Å². The van der Waals surface area contributed by atoms with Crippen LogP contribution in [0.4, 0.5) is 4.79 Å². The van der Waals surface area contributed by atoms with Crippen LogP contribution in [0.5, 0.6) is 0 Å². The molecule has 0 spiro atoms. The minimum absolute atomic E-state index is 0.266. The number of carbonyl (C=O) groups is 2. The lowest BCUT2D eigenvalue weighted by atomic mass is 9.97. The summed E-state index contributed by atoms with van der Waals surface area (Å²) in [6.45, 7) is 2.90. The molecule has 0 aliphatic carbocycles. The van der Waals surface area contributed by atoms with Gasteiger partial charge in [-0.1, -0.05) is 24.3 Å². The van der Waals surface area contributed by atoms with E-state index in [0.29, 0.717) is 26.1 Å². The number of nitrogens with zero attached hydrogens (tertiary/aromatic N) is 1. The standard InChI is InChI=1S/C15H19NO4/c1-3-20-14(17)13-8-11-6-4-5-7-12(11)9-16(10-13)15(18)19-2/h4-7,13H,3,8-10H2,1-2H3. The SMILES string of the molecule is CCOC(=O)C1Cc2ccccc2CN(C(=O)OC)C1. The fraction of sp³-hybridized carbons (Fsp3) is 0.467. The van der Waals surface area contributed by atoms with E-state index < -0.39 is 6.09 Å². The van der Waals surface area contributed by atoms with Crippen LogP contribution in [0.2, 0.25) is 0 Å². The molecule has 1 aliphatic rings. The van der Waals surface area contributed by atoms with Crippen molar-refractivity contribution in [3.63, 3.8) is 0 Å². The highest BCUT2D eigenvalue weighted by Gasteiger charge is 2.30. The third kappa shape index (κ3) is 3.10. The molecule has 0 radical (unpaired) electrons. The highest BCUT2D eigenvalue weighted by atomic mass is 16.5. The zero-order valence-corrected chi connectivity index (χ0v) is 11.8. The Morgan fingerprint density at radius 3 is 2.65 bits per heavy atom. The number of rotatable bonds is 2. The van der Waals surface area contributed by atoms with E-state index in [-0.39, 0.29) is 11.9 Å². The first-order chi connectivity index (χ1) is 9.65. The fourth-order valence-electron chi connectivity index (χ4n) is 2.46. The summed E-state index contributed by atoms with van der Waals surface area (Å²) in [5, 5.41) is 0. The third-order valence-corrected chi connectivity index (χ3v) is 3.44. The van der Waals surface area contributed by atoms with E-state index in [0.717, 1.165) is 11.1 Å². The Hall–Kier alpha value is -2.04. The van der Waals surface area contributed by atoms with E-state index in [2.05, 4.69) is 0 Å². The molecule has 108 valence electrons. The molecule has 0 bridgehead atoms. The number of ether oxygens (including phenoxy) is 2. The average Bonchev–Trinajstić information content (AvgIpc) is 2.66. The number of esters is 1. The van der Waals surface area contributed by atoms with Crippen LogP contribution in [-0.4, -0.2) is 37.2 Å². The minimum atomic E-state index is -0.420. The number of benzene rings is 1. The summed E-state index contributed by atoms with van der Waals surface area (Å²) < 4.78 is 9.88. The third-order valence-electron chi connectivity index (χ3n) is 3.44. The van der Waals surface area contributed by atoms with E-state index in [1.807, 2.05) is 24.3 Å². The fourth-order valence-corrected chi connectivity index (χ4v) is 2.46. The number of carbonyl (C=O) groups excluding carboxylic acids is 2. The lowest BCUT2D eigenvalue weighted by Gasteiger charge is -2.22. The Bertz CT molecular complexity index is 500. The predicted octanol–water partition coefficient (Wildman–Crippen LogP) is 1.99. The zero-order chi connectivity index (χ0) is 14.5. The maximum absolute atomic E-state index is 12.0. The summed E-state index contributed by atoms with van der Waals surface area (Å²) in [7, 11) is 1.35. The van der Waals surface area contributed by atoms with Crippen molar-refractivity contribution in [2.45, 2.75) is 19.9 Å². The number of amides is 1. The van der Waals surface area contributed by atoms with Gasteiger partial charge in [-0.2, -0.15) is 0 Å². The van der Waals surface area contributed by atoms with Gasteiger partial charge in [-0.15, -0.1) is 0 Å². The summed E-state index contributed by atoms with van der Waals surface area (Å²) in [5.74, 6) is -0.615. The quantitative estimate of drug-likeness (QED) is 0.776. The Kier molecular flexibility index (Phi) is 4.61. The molecule has 5 nitrogen and oxygen atoms in total. The second-order valence-electron chi connectivity index (χ2n) is 4.77. The summed E-state index contributed by atoms with van der Waals surface area (Å²) >= 11 is 0. The molecule has 1 unspecified atom stereocenters. The molecule has 20 heavy (non-hydrogen) atoms. The van der Waals surface area contributed by atoms with Crippen LogP contribution in [0.3, 0.4) is 0 Å². The van der Waals surface area contributed by atoms with Gasteiger partial charge in [0.05, 0.1) is 19.6 Å². The monoisotopic (exact) mass is 277 g/mol. The van der Waals surface area contributed by atoms with Crippen LogP contribution in [0, 0.1) is 5.92 Å². The van der Waals surface area contributed by atoms with Gasteiger partial charge in [-0.05, 0) is 24.5 Å². The largest absolute Gasteiger partial charge is 0.466 e. The first-order valence-corrected chi connectivity index (χ1v) is 6.72. The van der Waals surface area contributed by atoms with Gasteiger partial charge in [0, 0.05) is 13.1 Å². The molecule has 1 aromatic rings. The second kappa shape index (κ2) is 6.41. The molecule has 0 saturated carbocycles. The van der Waals surface area contributed by atoms with Crippen molar-refractivity contribution < 1.29 is 19.1 Å². The predicted molar refractivity (Wildman–Crippen MR) is 73.1 cm³/mol. The van der Waals surface area contributed by atoms with Crippen molar-refractivity contribution in [1.29, 1.82) is 0 Å². The number of fused-ring (bicyclic) bond motifs is 1. The highest BCUT2D eigenvalue weighted by Crippen LogP contribution is 2.23. The highest BCUT2D eigenvalue weighted by molar-refractivity contribution is 5.75. The van der Waals surface area contributed by atoms with Gasteiger partial charge in [0.1, 0.15) is 0 Å². The van der Waals surface area contributed by atoms with Gasteiger partial charge in [-0.3, -0.25) is 4.79 Å². The zero-order valence-electron chi connectivity index (χ0n) is 11.8. The molecule has 1 aliphatic heterocycles. The van der Waals surface area contributed by atoms with Gasteiger partial charge in [0.15, 0.2) is 0 Å². The van der Waals surface area contributed by atoms with Crippen molar-refractivity contribution in [3.05, 3.63) is 35.4 Å². The van der Waals surface area contributed by atoms with Crippen molar-refractivity contribution in [1.82, 2.24) is 4.90 Å². The van der Waals surface area contributed by atoms with E-state index in [9.17, 15) is 9.59 Å². The molecule has 1 aromatic carbocycles. The molecule has 0 saturated heterocycles. The molecule has 2 rings (SSSR count). The molecule has 5 heteroatoms. The maximum Gasteiger partial charge on any atom is 0.409 e. The van der Waals surface area contributed by atoms with E-state index in [4.69, 9.17) is 9.47 Å². The molecule has 1 amide bonds. The van der Waals surface area contributed by atoms with Crippen molar-refractivity contribution >= 4 is 12.1 Å². The molecular weight excluding hydrogens is 258 g/mol. The number of hydrogen-bond donors (Lipinski definition) is 0. The van der Waals surface area contributed by atoms with E-state index in [1.54, 1.807) is 11.8 Å². The minimum Gasteiger partial charge on any atom is -0.466 e. The van der Waals surface area contributed by atoms with E-state index in [1.165, 1.54) is 7.11 Å². The summed E-state index contributed by atoms with van der Waals surface area (Å²) in [6, 6.07) is 7.83. The van der Waals surface area contributed by atoms with Gasteiger partial charge in [-0.25, -0.2) is 4.79 Å². The number of methoxy groups -OCH3 is 1. The normalized spacial score (nSPS) is 17.9. The van der Waals surface area contributed by atoms with Crippen molar-refractivity contribution in [3.8, 4) is 0 Å². The molecule has 0 fully saturated rings. The Labute approximate surface area is 118 Å².